The van der Waals surface area contributed by atoms with Crippen molar-refractivity contribution in [3.05, 3.63) is 172 Å². The van der Waals surface area contributed by atoms with Crippen LogP contribution in [0.2, 0.25) is 10.3 Å². The molecule has 7 aromatic heterocycles. The van der Waals surface area contributed by atoms with Gasteiger partial charge in [-0.15, -0.1) is 0 Å². The van der Waals surface area contributed by atoms with Gasteiger partial charge in [0, 0.05) is 90.6 Å². The van der Waals surface area contributed by atoms with Crippen LogP contribution in [0.1, 0.15) is 173 Å². The molecule has 0 fully saturated rings. The van der Waals surface area contributed by atoms with Gasteiger partial charge in [-0.1, -0.05) is 77.7 Å². The first-order chi connectivity index (χ1) is 41.6. The lowest BCUT2D eigenvalue weighted by Gasteiger charge is -2.09. The molecule has 0 aliphatic rings. The number of hydrogen-bond acceptors (Lipinski definition) is 19. The van der Waals surface area contributed by atoms with Crippen molar-refractivity contribution in [1.82, 2.24) is 59.8 Å². The second-order valence-corrected chi connectivity index (χ2v) is 20.5. The lowest BCUT2D eigenvalue weighted by molar-refractivity contribution is 0.177. The summed E-state index contributed by atoms with van der Waals surface area (Å²) >= 11 is 11.7. The molecule has 0 radical (unpaired) electrons. The summed E-state index contributed by atoms with van der Waals surface area (Å²) in [4.78, 5) is 51.6. The second-order valence-electron chi connectivity index (χ2n) is 19.8. The van der Waals surface area contributed by atoms with E-state index in [0.717, 1.165) is 148 Å². The van der Waals surface area contributed by atoms with Gasteiger partial charge in [-0.3, -0.25) is 29.9 Å². The summed E-state index contributed by atoms with van der Waals surface area (Å²) in [6.45, 7) is 34.1. The Bertz CT molecular complexity index is 2880. The van der Waals surface area contributed by atoms with Crippen LogP contribution in [0.15, 0.2) is 36.7 Å². The van der Waals surface area contributed by atoms with Crippen molar-refractivity contribution in [2.24, 2.45) is 0 Å². The minimum atomic E-state index is 0.483. The molecule has 0 atom stereocenters. The monoisotopic (exact) mass is 1240 g/mol. The summed E-state index contributed by atoms with van der Waals surface area (Å²) in [5, 5.41) is 0.966. The zero-order valence-electron chi connectivity index (χ0n) is 56.3. The first-order valence-corrected chi connectivity index (χ1v) is 30.2. The predicted octanol–water partition coefficient (Wildman–Crippen LogP) is 13.3. The standard InChI is InChI=1S/C11H17NO.C10H15NO.2C9H13ClN2O.3C9H14N2O/c1-5-10-6-8(2)9(3)12-11(10)7-13-4;1-4-9-8(2)5-6-11-10(9)7-12-3;2*1-4-7-8(5-13-3)11-6(2)9(10)12-7;1-4-8-9(6-12-3)11-7(2)5-10-8;2*1-4-8-5-7(2)10-9(11-8)6-12-3/h6H,5,7H2,1-4H3;5-6H,4,7H2,1-3H3;2*4-5H2,1-3H3;3*5H,4,6H2,1-3H3. The molecule has 7 aromatic rings. The van der Waals surface area contributed by atoms with Crippen LogP contribution in [0, 0.1) is 55.4 Å². The van der Waals surface area contributed by atoms with Crippen molar-refractivity contribution in [2.75, 3.05) is 49.8 Å². The molecule has 7 heterocycles. The van der Waals surface area contributed by atoms with Gasteiger partial charge in [-0.2, -0.15) is 0 Å². The highest BCUT2D eigenvalue weighted by atomic mass is 35.5. The van der Waals surface area contributed by atoms with Crippen molar-refractivity contribution in [3.8, 4) is 0 Å². The van der Waals surface area contributed by atoms with Gasteiger partial charge < -0.3 is 33.2 Å². The van der Waals surface area contributed by atoms with Crippen LogP contribution < -0.4 is 0 Å². The highest BCUT2D eigenvalue weighted by Gasteiger charge is 2.11. The van der Waals surface area contributed by atoms with Crippen LogP contribution in [-0.2, 0) is 124 Å². The van der Waals surface area contributed by atoms with E-state index in [1.54, 1.807) is 56.0 Å². The smallest absolute Gasteiger partial charge is 0.154 e. The number of halogens is 2. The molecule has 0 N–H and O–H groups in total. The second kappa shape index (κ2) is 45.3. The number of hydrogen-bond donors (Lipinski definition) is 0. The third-order valence-corrected chi connectivity index (χ3v) is 13.4. The van der Waals surface area contributed by atoms with Gasteiger partial charge in [0.25, 0.3) is 0 Å². The number of aryl methyl sites for hydroxylation is 14. The molecular formula is C66H100Cl2N12O7. The maximum atomic E-state index is 5.85. The average molecular weight is 1240 g/mol. The van der Waals surface area contributed by atoms with Crippen molar-refractivity contribution < 1.29 is 33.2 Å². The summed E-state index contributed by atoms with van der Waals surface area (Å²) in [6, 6.07) is 8.24. The number of methoxy groups -OCH3 is 7. The molecule has 0 aliphatic carbocycles. The Morgan fingerprint density at radius 2 is 0.736 bits per heavy atom. The van der Waals surface area contributed by atoms with Crippen molar-refractivity contribution in [1.29, 1.82) is 0 Å². The Kier molecular flexibility index (Phi) is 41.1. The van der Waals surface area contributed by atoms with E-state index in [4.69, 9.17) is 56.4 Å². The van der Waals surface area contributed by atoms with Crippen LogP contribution in [0.5, 0.6) is 0 Å². The molecule has 87 heavy (non-hydrogen) atoms. The van der Waals surface area contributed by atoms with Gasteiger partial charge in [0.15, 0.2) is 22.0 Å². The third-order valence-electron chi connectivity index (χ3n) is 12.7. The molecule has 7 rings (SSSR count). The number of pyridine rings is 2. The molecule has 0 aliphatic heterocycles. The largest absolute Gasteiger partial charge is 0.378 e. The van der Waals surface area contributed by atoms with Crippen molar-refractivity contribution in [3.63, 3.8) is 0 Å². The molecule has 0 saturated heterocycles. The zero-order valence-corrected chi connectivity index (χ0v) is 57.9. The van der Waals surface area contributed by atoms with Crippen LogP contribution in [0.4, 0.5) is 0 Å². The van der Waals surface area contributed by atoms with E-state index in [2.05, 4.69) is 114 Å². The van der Waals surface area contributed by atoms with E-state index >= 15 is 0 Å². The first-order valence-electron chi connectivity index (χ1n) is 29.5. The molecule has 21 heteroatoms. The topological polar surface area (TPSA) is 219 Å². The Morgan fingerprint density at radius 1 is 0.333 bits per heavy atom. The van der Waals surface area contributed by atoms with Gasteiger partial charge in [-0.05, 0) is 141 Å². The highest BCUT2D eigenvalue weighted by molar-refractivity contribution is 6.30. The van der Waals surface area contributed by atoms with Crippen LogP contribution in [0.3, 0.4) is 0 Å². The van der Waals surface area contributed by atoms with E-state index in [0.29, 0.717) is 56.6 Å². The van der Waals surface area contributed by atoms with Crippen LogP contribution in [-0.4, -0.2) is 110 Å². The Hall–Kier alpha value is -6.00. The minimum Gasteiger partial charge on any atom is -0.378 e. The van der Waals surface area contributed by atoms with Crippen LogP contribution in [0.25, 0.3) is 0 Å². The van der Waals surface area contributed by atoms with Gasteiger partial charge >= 0.3 is 0 Å². The number of ether oxygens (including phenoxy) is 7. The fourth-order valence-electron chi connectivity index (χ4n) is 8.24. The summed E-state index contributed by atoms with van der Waals surface area (Å²) in [5.74, 6) is 1.55. The first kappa shape index (κ1) is 79.0. The molecule has 0 amide bonds. The fraction of sp³-hybridized carbons (Fsp3) is 0.545. The van der Waals surface area contributed by atoms with Crippen LogP contribution >= 0.6 is 23.2 Å². The minimum absolute atomic E-state index is 0.483. The lowest BCUT2D eigenvalue weighted by Crippen LogP contribution is -2.04. The molecule has 19 nitrogen and oxygen atoms in total. The quantitative estimate of drug-likeness (QED) is 0.0653. The Balaban J connectivity index is 0.000000508. The summed E-state index contributed by atoms with van der Waals surface area (Å²) in [7, 11) is 11.7. The normalized spacial score (nSPS) is 10.3. The zero-order chi connectivity index (χ0) is 65.4. The predicted molar refractivity (Wildman–Crippen MR) is 347 cm³/mol. The van der Waals surface area contributed by atoms with Crippen molar-refractivity contribution in [2.45, 2.75) is 195 Å². The van der Waals surface area contributed by atoms with Gasteiger partial charge in [-0.25, -0.2) is 29.9 Å². The Morgan fingerprint density at radius 3 is 1.13 bits per heavy atom. The van der Waals surface area contributed by atoms with Gasteiger partial charge in [0.05, 0.1) is 95.7 Å². The Labute approximate surface area is 530 Å². The maximum Gasteiger partial charge on any atom is 0.154 e. The molecule has 0 bridgehead atoms. The summed E-state index contributed by atoms with van der Waals surface area (Å²) in [5.41, 5.74) is 20.6. The SMILES string of the molecule is CCc1c(C)ccnc1COC.CCc1cc(C)c(C)nc1COC.CCc1cc(C)nc(COC)n1.CCc1cc(C)nc(COC)n1.CCc1nc(Cl)c(C)nc1COC.CCc1nc(Cl)c(C)nc1COC.CCc1ncc(C)nc1COC. The van der Waals surface area contributed by atoms with E-state index < -0.39 is 0 Å². The average Bonchev–Trinajstić information content (AvgIpc) is 3.70. The molecule has 0 spiro atoms. The van der Waals surface area contributed by atoms with E-state index in [9.17, 15) is 0 Å². The summed E-state index contributed by atoms with van der Waals surface area (Å²) in [6.07, 6.45) is 10.1. The molecule has 480 valence electrons. The molecule has 0 saturated carbocycles. The molecule has 0 aromatic carbocycles. The molecule has 0 unspecified atom stereocenters. The van der Waals surface area contributed by atoms with E-state index in [-0.39, 0.29) is 0 Å². The van der Waals surface area contributed by atoms with Gasteiger partial charge in [0.1, 0.15) is 13.2 Å². The number of nitrogens with zero attached hydrogens (tertiary/aromatic N) is 12. The third kappa shape index (κ3) is 29.7. The lowest BCUT2D eigenvalue weighted by atomic mass is 10.1. The van der Waals surface area contributed by atoms with Gasteiger partial charge in [0.2, 0.25) is 0 Å². The fourth-order valence-corrected chi connectivity index (χ4v) is 8.53. The van der Waals surface area contributed by atoms with Crippen molar-refractivity contribution >= 4 is 23.2 Å². The summed E-state index contributed by atoms with van der Waals surface area (Å²) < 4.78 is 35.1. The highest BCUT2D eigenvalue weighted by Crippen LogP contribution is 2.18. The number of aromatic nitrogens is 12. The van der Waals surface area contributed by atoms with E-state index in [1.807, 2.05) is 79.8 Å². The van der Waals surface area contributed by atoms with E-state index in [1.165, 1.54) is 22.3 Å². The molecular weight excluding hydrogens is 1140 g/mol. The maximum absolute atomic E-state index is 5.85. The number of rotatable bonds is 21.